The van der Waals surface area contributed by atoms with Crippen LogP contribution in [0.5, 0.6) is 0 Å². The SMILES string of the molecule is CC(C)c1cc(C(=O)NCCNC(=O)c2ccccc2F)c2cnn(C(C)C)c2n1. The predicted molar refractivity (Wildman–Crippen MR) is 113 cm³/mol. The van der Waals surface area contributed by atoms with Gasteiger partial charge in [-0.2, -0.15) is 5.10 Å². The third kappa shape index (κ3) is 4.48. The minimum Gasteiger partial charge on any atom is -0.350 e. The van der Waals surface area contributed by atoms with Gasteiger partial charge in [-0.3, -0.25) is 9.59 Å². The van der Waals surface area contributed by atoms with Gasteiger partial charge in [0, 0.05) is 24.8 Å². The van der Waals surface area contributed by atoms with Crippen molar-refractivity contribution in [1.82, 2.24) is 25.4 Å². The minimum atomic E-state index is -0.582. The highest BCUT2D eigenvalue weighted by atomic mass is 19.1. The van der Waals surface area contributed by atoms with Crippen LogP contribution < -0.4 is 10.6 Å². The Bertz CT molecular complexity index is 1070. The van der Waals surface area contributed by atoms with E-state index in [0.717, 1.165) is 5.69 Å². The van der Waals surface area contributed by atoms with Crippen molar-refractivity contribution in [3.8, 4) is 0 Å². The van der Waals surface area contributed by atoms with E-state index < -0.39 is 11.7 Å². The fourth-order valence-corrected chi connectivity index (χ4v) is 3.09. The van der Waals surface area contributed by atoms with E-state index in [4.69, 9.17) is 0 Å². The summed E-state index contributed by atoms with van der Waals surface area (Å²) in [6.07, 6.45) is 1.65. The van der Waals surface area contributed by atoms with Gasteiger partial charge in [0.2, 0.25) is 0 Å². The molecule has 0 aliphatic rings. The van der Waals surface area contributed by atoms with E-state index in [1.807, 2.05) is 27.7 Å². The van der Waals surface area contributed by atoms with Crippen molar-refractivity contribution in [3.63, 3.8) is 0 Å². The van der Waals surface area contributed by atoms with Crippen LogP contribution >= 0.6 is 0 Å². The van der Waals surface area contributed by atoms with Crippen LogP contribution in [0, 0.1) is 5.82 Å². The molecule has 0 aliphatic carbocycles. The van der Waals surface area contributed by atoms with Crippen molar-refractivity contribution in [1.29, 1.82) is 0 Å². The summed E-state index contributed by atoms with van der Waals surface area (Å²) in [6.45, 7) is 8.43. The Morgan fingerprint density at radius 2 is 1.67 bits per heavy atom. The van der Waals surface area contributed by atoms with Crippen LogP contribution in [0.4, 0.5) is 4.39 Å². The van der Waals surface area contributed by atoms with Gasteiger partial charge in [-0.15, -0.1) is 0 Å². The Morgan fingerprint density at radius 3 is 2.27 bits per heavy atom. The lowest BCUT2D eigenvalue weighted by Gasteiger charge is -2.12. The highest BCUT2D eigenvalue weighted by molar-refractivity contribution is 6.05. The molecule has 30 heavy (non-hydrogen) atoms. The van der Waals surface area contributed by atoms with E-state index in [9.17, 15) is 14.0 Å². The van der Waals surface area contributed by atoms with Gasteiger partial charge in [-0.25, -0.2) is 14.1 Å². The number of rotatable bonds is 7. The Hall–Kier alpha value is -3.29. The topological polar surface area (TPSA) is 88.9 Å². The minimum absolute atomic E-state index is 0.0256. The fraction of sp³-hybridized carbons (Fsp3) is 0.364. The monoisotopic (exact) mass is 411 g/mol. The Balaban J connectivity index is 1.71. The third-order valence-corrected chi connectivity index (χ3v) is 4.73. The van der Waals surface area contributed by atoms with Crippen LogP contribution in [-0.2, 0) is 0 Å². The average Bonchev–Trinajstić information content (AvgIpc) is 3.14. The number of nitrogens with zero attached hydrogens (tertiary/aromatic N) is 3. The van der Waals surface area contributed by atoms with Crippen LogP contribution in [0.15, 0.2) is 36.5 Å². The fourth-order valence-electron chi connectivity index (χ4n) is 3.09. The molecule has 7 nitrogen and oxygen atoms in total. The largest absolute Gasteiger partial charge is 0.350 e. The summed E-state index contributed by atoms with van der Waals surface area (Å²) < 4.78 is 15.5. The maximum Gasteiger partial charge on any atom is 0.254 e. The van der Waals surface area contributed by atoms with Gasteiger partial charge < -0.3 is 10.6 Å². The van der Waals surface area contributed by atoms with Crippen molar-refractivity contribution in [2.45, 2.75) is 39.7 Å². The molecule has 2 heterocycles. The van der Waals surface area contributed by atoms with Crippen molar-refractivity contribution < 1.29 is 14.0 Å². The molecule has 0 radical (unpaired) electrons. The lowest BCUT2D eigenvalue weighted by Crippen LogP contribution is -2.35. The normalized spacial score (nSPS) is 11.3. The number of carbonyl (C=O) groups excluding carboxylic acids is 2. The van der Waals surface area contributed by atoms with Gasteiger partial charge in [0.25, 0.3) is 11.8 Å². The molecule has 8 heteroatoms. The van der Waals surface area contributed by atoms with E-state index in [0.29, 0.717) is 16.6 Å². The highest BCUT2D eigenvalue weighted by Gasteiger charge is 2.19. The molecule has 0 fully saturated rings. The second-order valence-electron chi connectivity index (χ2n) is 7.66. The molecule has 0 spiro atoms. The van der Waals surface area contributed by atoms with Gasteiger partial charge in [0.15, 0.2) is 5.65 Å². The molecular weight excluding hydrogens is 385 g/mol. The summed E-state index contributed by atoms with van der Waals surface area (Å²) in [4.78, 5) is 29.6. The predicted octanol–water partition coefficient (Wildman–Crippen LogP) is 3.43. The number of amides is 2. The summed E-state index contributed by atoms with van der Waals surface area (Å²) >= 11 is 0. The summed E-state index contributed by atoms with van der Waals surface area (Å²) in [7, 11) is 0. The summed E-state index contributed by atoms with van der Waals surface area (Å²) in [5, 5.41) is 10.5. The molecular formula is C22H26FN5O2. The molecule has 0 unspecified atom stereocenters. The number of nitrogens with one attached hydrogen (secondary N) is 2. The van der Waals surface area contributed by atoms with E-state index in [1.165, 1.54) is 18.2 Å². The lowest BCUT2D eigenvalue weighted by molar-refractivity contribution is 0.0926. The van der Waals surface area contributed by atoms with Gasteiger partial charge in [0.05, 0.1) is 22.7 Å². The molecule has 2 amide bonds. The summed E-state index contributed by atoms with van der Waals surface area (Å²) in [5.74, 6) is -1.22. The molecule has 2 N–H and O–H groups in total. The summed E-state index contributed by atoms with van der Waals surface area (Å²) in [5.41, 5.74) is 1.95. The summed E-state index contributed by atoms with van der Waals surface area (Å²) in [6, 6.07) is 7.66. The number of pyridine rings is 1. The molecule has 3 aromatic rings. The number of halogens is 1. The van der Waals surface area contributed by atoms with Crippen molar-refractivity contribution in [2.75, 3.05) is 13.1 Å². The maximum absolute atomic E-state index is 13.7. The first-order valence-corrected chi connectivity index (χ1v) is 9.98. The van der Waals surface area contributed by atoms with Crippen molar-refractivity contribution in [2.24, 2.45) is 0 Å². The zero-order valence-corrected chi connectivity index (χ0v) is 17.6. The number of hydrogen-bond acceptors (Lipinski definition) is 4. The first-order valence-electron chi connectivity index (χ1n) is 9.98. The molecule has 1 aromatic carbocycles. The van der Waals surface area contributed by atoms with E-state index >= 15 is 0 Å². The molecule has 0 aliphatic heterocycles. The van der Waals surface area contributed by atoms with E-state index in [2.05, 4.69) is 20.7 Å². The van der Waals surface area contributed by atoms with Crippen molar-refractivity contribution in [3.05, 3.63) is 59.2 Å². The molecule has 0 bridgehead atoms. The van der Waals surface area contributed by atoms with E-state index in [-0.39, 0.29) is 36.5 Å². The van der Waals surface area contributed by atoms with Crippen molar-refractivity contribution >= 4 is 22.8 Å². The van der Waals surface area contributed by atoms with Gasteiger partial charge in [-0.05, 0) is 38.0 Å². The molecule has 2 aromatic heterocycles. The number of fused-ring (bicyclic) bond motifs is 1. The molecule has 158 valence electrons. The smallest absolute Gasteiger partial charge is 0.254 e. The Labute approximate surface area is 174 Å². The second-order valence-corrected chi connectivity index (χ2v) is 7.66. The average molecular weight is 411 g/mol. The Morgan fingerprint density at radius 1 is 1.03 bits per heavy atom. The molecule has 0 atom stereocenters. The van der Waals surface area contributed by atoms with Gasteiger partial charge in [-0.1, -0.05) is 26.0 Å². The first kappa shape index (κ1) is 21.4. The maximum atomic E-state index is 13.7. The first-order chi connectivity index (χ1) is 14.3. The lowest BCUT2D eigenvalue weighted by atomic mass is 10.0. The van der Waals surface area contributed by atoms with Crippen LogP contribution in [0.1, 0.15) is 66.1 Å². The zero-order valence-electron chi connectivity index (χ0n) is 17.6. The van der Waals surface area contributed by atoms with Crippen LogP contribution in [0.3, 0.4) is 0 Å². The highest BCUT2D eigenvalue weighted by Crippen LogP contribution is 2.24. The number of aromatic nitrogens is 3. The zero-order chi connectivity index (χ0) is 21.8. The van der Waals surface area contributed by atoms with E-state index in [1.54, 1.807) is 23.0 Å². The number of hydrogen-bond donors (Lipinski definition) is 2. The quantitative estimate of drug-likeness (QED) is 0.583. The molecule has 3 rings (SSSR count). The molecule has 0 saturated heterocycles. The van der Waals surface area contributed by atoms with Gasteiger partial charge in [0.1, 0.15) is 5.82 Å². The van der Waals surface area contributed by atoms with Crippen LogP contribution in [0.2, 0.25) is 0 Å². The molecule has 0 saturated carbocycles. The van der Waals surface area contributed by atoms with Crippen LogP contribution in [0.25, 0.3) is 11.0 Å². The van der Waals surface area contributed by atoms with Gasteiger partial charge >= 0.3 is 0 Å². The van der Waals surface area contributed by atoms with Crippen LogP contribution in [-0.4, -0.2) is 39.7 Å². The second kappa shape index (κ2) is 9.02. The Kier molecular flexibility index (Phi) is 6.44. The standard InChI is InChI=1S/C22H26FN5O2/c1-13(2)19-11-16(17-12-26-28(14(3)4)20(17)27-19)22(30)25-10-9-24-21(29)15-7-5-6-8-18(15)23/h5-8,11-14H,9-10H2,1-4H3,(H,24,29)(H,25,30). The number of benzene rings is 1. The number of carbonyl (C=O) groups is 2. The third-order valence-electron chi connectivity index (χ3n) is 4.73.